The van der Waals surface area contributed by atoms with Crippen molar-refractivity contribution in [3.05, 3.63) is 45.0 Å². The van der Waals surface area contributed by atoms with Crippen LogP contribution in [0.3, 0.4) is 0 Å². The van der Waals surface area contributed by atoms with Crippen LogP contribution in [0.5, 0.6) is 5.75 Å². The quantitative estimate of drug-likeness (QED) is 0.653. The molecule has 0 fully saturated rings. The highest BCUT2D eigenvalue weighted by atomic mass is 127. The molecule has 4 nitrogen and oxygen atoms in total. The van der Waals surface area contributed by atoms with Gasteiger partial charge >= 0.3 is 0 Å². The number of rotatable bonds is 3. The van der Waals surface area contributed by atoms with E-state index in [0.717, 1.165) is 26.0 Å². The van der Waals surface area contributed by atoms with Gasteiger partial charge < -0.3 is 10.5 Å². The van der Waals surface area contributed by atoms with E-state index >= 15 is 0 Å². The zero-order valence-electron chi connectivity index (χ0n) is 11.3. The van der Waals surface area contributed by atoms with E-state index < -0.39 is 0 Å². The second-order valence-corrected chi connectivity index (χ2v) is 6.11. The molecule has 0 saturated heterocycles. The average Bonchev–Trinajstić information content (AvgIpc) is 2.77. The molecule has 0 spiro atoms. The number of anilines is 1. The Balaban J connectivity index is 2.28. The molecule has 3 rings (SSSR count). The van der Waals surface area contributed by atoms with Crippen molar-refractivity contribution < 1.29 is 4.74 Å². The lowest BCUT2D eigenvalue weighted by molar-refractivity contribution is 0.344. The number of hydrogen-bond donors (Lipinski definition) is 1. The van der Waals surface area contributed by atoms with Crippen molar-refractivity contribution in [2.45, 2.75) is 6.92 Å². The Morgan fingerprint density at radius 3 is 2.86 bits per heavy atom. The van der Waals surface area contributed by atoms with Crippen LogP contribution in [0, 0.1) is 3.57 Å². The first-order valence-corrected chi connectivity index (χ1v) is 7.92. The normalized spacial score (nSPS) is 11.0. The largest absolute Gasteiger partial charge is 0.492 e. The molecule has 0 amide bonds. The SMILES string of the molecule is CCOc1cccc2c1nc(N)n2-c1ccc(I)cc1Cl. The number of halogens is 2. The molecule has 2 aromatic carbocycles. The number of ether oxygens (including phenoxy) is 1. The molecule has 0 aliphatic carbocycles. The fourth-order valence-corrected chi connectivity index (χ4v) is 3.22. The summed E-state index contributed by atoms with van der Waals surface area (Å²) in [6, 6.07) is 11.6. The molecule has 0 aliphatic rings. The fourth-order valence-electron chi connectivity index (χ4n) is 2.28. The lowest BCUT2D eigenvalue weighted by Crippen LogP contribution is -2.01. The van der Waals surface area contributed by atoms with Crippen molar-refractivity contribution in [2.24, 2.45) is 0 Å². The second kappa shape index (κ2) is 5.73. The minimum Gasteiger partial charge on any atom is -0.492 e. The van der Waals surface area contributed by atoms with Crippen LogP contribution in [-0.2, 0) is 0 Å². The maximum absolute atomic E-state index is 6.35. The van der Waals surface area contributed by atoms with Gasteiger partial charge in [-0.05, 0) is 59.8 Å². The molecule has 0 bridgehead atoms. The van der Waals surface area contributed by atoms with Gasteiger partial charge in [0.05, 0.1) is 22.8 Å². The summed E-state index contributed by atoms with van der Waals surface area (Å²) in [5.74, 6) is 1.11. The molecular formula is C15H13ClIN3O. The number of nitrogens with two attached hydrogens (primary N) is 1. The van der Waals surface area contributed by atoms with Crippen LogP contribution in [0.2, 0.25) is 5.02 Å². The molecule has 0 saturated carbocycles. The molecule has 6 heteroatoms. The summed E-state index contributed by atoms with van der Waals surface area (Å²) in [5, 5.41) is 0.634. The minimum atomic E-state index is 0.389. The standard InChI is InChI=1S/C15H13ClIN3O/c1-2-21-13-5-3-4-12-14(13)19-15(18)20(12)11-7-6-9(17)8-10(11)16/h3-8H,2H2,1H3,(H2,18,19). The highest BCUT2D eigenvalue weighted by Crippen LogP contribution is 2.32. The number of nitrogen functional groups attached to an aromatic ring is 1. The summed E-state index contributed by atoms with van der Waals surface area (Å²) >= 11 is 8.58. The lowest BCUT2D eigenvalue weighted by atomic mass is 10.2. The number of para-hydroxylation sites is 1. The first-order chi connectivity index (χ1) is 10.1. The molecule has 0 unspecified atom stereocenters. The van der Waals surface area contributed by atoms with Crippen molar-refractivity contribution in [1.29, 1.82) is 0 Å². The van der Waals surface area contributed by atoms with Gasteiger partial charge in [-0.25, -0.2) is 4.98 Å². The molecule has 21 heavy (non-hydrogen) atoms. The molecule has 0 atom stereocenters. The average molecular weight is 414 g/mol. The first-order valence-electron chi connectivity index (χ1n) is 6.47. The van der Waals surface area contributed by atoms with Gasteiger partial charge in [0.15, 0.2) is 0 Å². The molecule has 1 aromatic heterocycles. The van der Waals surface area contributed by atoms with E-state index in [1.165, 1.54) is 0 Å². The summed E-state index contributed by atoms with van der Waals surface area (Å²) in [6.07, 6.45) is 0. The Morgan fingerprint density at radius 2 is 2.14 bits per heavy atom. The van der Waals surface area contributed by atoms with E-state index in [0.29, 0.717) is 17.6 Å². The predicted molar refractivity (Wildman–Crippen MR) is 94.4 cm³/mol. The summed E-state index contributed by atoms with van der Waals surface area (Å²) in [6.45, 7) is 2.52. The van der Waals surface area contributed by atoms with Gasteiger partial charge in [-0.3, -0.25) is 4.57 Å². The Morgan fingerprint density at radius 1 is 1.33 bits per heavy atom. The van der Waals surface area contributed by atoms with E-state index in [9.17, 15) is 0 Å². The zero-order valence-corrected chi connectivity index (χ0v) is 14.2. The third-order valence-corrected chi connectivity index (χ3v) is 4.10. The Bertz CT molecular complexity index is 816. The van der Waals surface area contributed by atoms with Crippen LogP contribution >= 0.6 is 34.2 Å². The summed E-state index contributed by atoms with van der Waals surface area (Å²) < 4.78 is 8.52. The van der Waals surface area contributed by atoms with E-state index in [1.54, 1.807) is 0 Å². The van der Waals surface area contributed by atoms with E-state index in [4.69, 9.17) is 22.1 Å². The smallest absolute Gasteiger partial charge is 0.206 e. The molecule has 1 heterocycles. The number of benzene rings is 2. The molecule has 0 aliphatic heterocycles. The summed E-state index contributed by atoms with van der Waals surface area (Å²) in [4.78, 5) is 4.43. The fraction of sp³-hybridized carbons (Fsp3) is 0.133. The number of nitrogens with zero attached hydrogens (tertiary/aromatic N) is 2. The van der Waals surface area contributed by atoms with Crippen LogP contribution in [0.15, 0.2) is 36.4 Å². The van der Waals surface area contributed by atoms with E-state index in [-0.39, 0.29) is 0 Å². The number of imidazole rings is 1. The van der Waals surface area contributed by atoms with Gasteiger partial charge in [0, 0.05) is 3.57 Å². The third kappa shape index (κ3) is 2.55. The minimum absolute atomic E-state index is 0.389. The number of fused-ring (bicyclic) bond motifs is 1. The third-order valence-electron chi connectivity index (χ3n) is 3.12. The van der Waals surface area contributed by atoms with E-state index in [2.05, 4.69) is 27.6 Å². The van der Waals surface area contributed by atoms with Crippen molar-refractivity contribution >= 4 is 51.2 Å². The molecular weight excluding hydrogens is 401 g/mol. The van der Waals surface area contributed by atoms with Crippen LogP contribution < -0.4 is 10.5 Å². The van der Waals surface area contributed by atoms with Crippen molar-refractivity contribution in [2.75, 3.05) is 12.3 Å². The first kappa shape index (κ1) is 14.5. The summed E-state index contributed by atoms with van der Waals surface area (Å²) in [7, 11) is 0. The maximum atomic E-state index is 6.35. The van der Waals surface area contributed by atoms with Crippen molar-refractivity contribution in [3.8, 4) is 11.4 Å². The van der Waals surface area contributed by atoms with Gasteiger partial charge in [-0.15, -0.1) is 0 Å². The topological polar surface area (TPSA) is 53.1 Å². The van der Waals surface area contributed by atoms with Gasteiger partial charge in [-0.1, -0.05) is 17.7 Å². The highest BCUT2D eigenvalue weighted by molar-refractivity contribution is 14.1. The molecule has 2 N–H and O–H groups in total. The number of hydrogen-bond acceptors (Lipinski definition) is 3. The van der Waals surface area contributed by atoms with Crippen LogP contribution in [-0.4, -0.2) is 16.2 Å². The summed E-state index contributed by atoms with van der Waals surface area (Å²) in [5.41, 5.74) is 8.52. The molecule has 108 valence electrons. The number of aromatic nitrogens is 2. The molecule has 0 radical (unpaired) electrons. The van der Waals surface area contributed by atoms with Gasteiger partial charge in [0.25, 0.3) is 0 Å². The van der Waals surface area contributed by atoms with E-state index in [1.807, 2.05) is 47.9 Å². The Kier molecular flexibility index (Phi) is 3.95. The lowest BCUT2D eigenvalue weighted by Gasteiger charge is -2.09. The zero-order chi connectivity index (χ0) is 15.0. The van der Waals surface area contributed by atoms with Crippen LogP contribution in [0.25, 0.3) is 16.7 Å². The van der Waals surface area contributed by atoms with Gasteiger partial charge in [0.2, 0.25) is 5.95 Å². The Labute approximate surface area is 141 Å². The van der Waals surface area contributed by atoms with Crippen molar-refractivity contribution in [3.63, 3.8) is 0 Å². The van der Waals surface area contributed by atoms with Gasteiger partial charge in [-0.2, -0.15) is 0 Å². The Hall–Kier alpha value is -1.47. The maximum Gasteiger partial charge on any atom is 0.206 e. The second-order valence-electron chi connectivity index (χ2n) is 4.46. The highest BCUT2D eigenvalue weighted by Gasteiger charge is 2.15. The predicted octanol–water partition coefficient (Wildman–Crippen LogP) is 4.26. The van der Waals surface area contributed by atoms with Crippen LogP contribution in [0.4, 0.5) is 5.95 Å². The van der Waals surface area contributed by atoms with Crippen molar-refractivity contribution in [1.82, 2.24) is 9.55 Å². The van der Waals surface area contributed by atoms with Gasteiger partial charge in [0.1, 0.15) is 11.3 Å². The monoisotopic (exact) mass is 413 g/mol. The van der Waals surface area contributed by atoms with Crippen LogP contribution in [0.1, 0.15) is 6.92 Å². The molecule has 3 aromatic rings.